The van der Waals surface area contributed by atoms with Crippen LogP contribution < -0.4 is 10.1 Å². The molecule has 1 aromatic carbocycles. The molecule has 1 rings (SSSR count). The highest BCUT2D eigenvalue weighted by Gasteiger charge is 2.06. The van der Waals surface area contributed by atoms with E-state index >= 15 is 0 Å². The van der Waals surface area contributed by atoms with Crippen molar-refractivity contribution in [3.05, 3.63) is 23.8 Å². The van der Waals surface area contributed by atoms with Crippen molar-refractivity contribution in [2.24, 2.45) is 0 Å². The molecule has 0 unspecified atom stereocenters. The highest BCUT2D eigenvalue weighted by atomic mass is 16.5. The van der Waals surface area contributed by atoms with Crippen molar-refractivity contribution in [3.8, 4) is 11.5 Å². The topological polar surface area (TPSA) is 41.5 Å². The summed E-state index contributed by atoms with van der Waals surface area (Å²) in [6.07, 6.45) is 1.09. The molecule has 0 aliphatic rings. The van der Waals surface area contributed by atoms with E-state index in [2.05, 4.69) is 12.2 Å². The van der Waals surface area contributed by atoms with Crippen LogP contribution in [0.25, 0.3) is 0 Å². The molecule has 15 heavy (non-hydrogen) atoms. The van der Waals surface area contributed by atoms with Crippen LogP contribution in [-0.2, 0) is 6.54 Å². The summed E-state index contributed by atoms with van der Waals surface area (Å²) in [5.41, 5.74) is 0.884. The summed E-state index contributed by atoms with van der Waals surface area (Å²) in [5.74, 6) is 0.816. The third-order valence-electron chi connectivity index (χ3n) is 2.12. The predicted molar refractivity (Wildman–Crippen MR) is 61.3 cm³/mol. The van der Waals surface area contributed by atoms with E-state index in [0.29, 0.717) is 18.9 Å². The van der Waals surface area contributed by atoms with Crippen LogP contribution in [0.3, 0.4) is 0 Å². The molecule has 0 aliphatic carbocycles. The summed E-state index contributed by atoms with van der Waals surface area (Å²) < 4.78 is 5.31. The SMILES string of the molecule is CCCNCc1cccc(OCC)c1O. The van der Waals surface area contributed by atoms with Crippen molar-refractivity contribution in [1.29, 1.82) is 0 Å². The van der Waals surface area contributed by atoms with Crippen molar-refractivity contribution in [2.75, 3.05) is 13.2 Å². The number of para-hydroxylation sites is 1. The standard InChI is InChI=1S/C12H19NO2/c1-3-8-13-9-10-6-5-7-11(12(10)14)15-4-2/h5-7,13-14H,3-4,8-9H2,1-2H3. The molecule has 84 valence electrons. The van der Waals surface area contributed by atoms with E-state index in [1.807, 2.05) is 19.1 Å². The Morgan fingerprint density at radius 3 is 2.80 bits per heavy atom. The summed E-state index contributed by atoms with van der Waals surface area (Å²) in [5, 5.41) is 13.1. The third kappa shape index (κ3) is 3.44. The van der Waals surface area contributed by atoms with E-state index in [1.165, 1.54) is 0 Å². The van der Waals surface area contributed by atoms with E-state index in [-0.39, 0.29) is 5.75 Å². The number of benzene rings is 1. The minimum atomic E-state index is 0.253. The summed E-state index contributed by atoms with van der Waals surface area (Å²) in [6, 6.07) is 5.58. The van der Waals surface area contributed by atoms with Crippen LogP contribution in [-0.4, -0.2) is 18.3 Å². The normalized spacial score (nSPS) is 10.3. The molecule has 0 aromatic heterocycles. The van der Waals surface area contributed by atoms with E-state index in [9.17, 15) is 5.11 Å². The Kier molecular flexibility index (Phi) is 4.98. The van der Waals surface area contributed by atoms with Crippen molar-refractivity contribution < 1.29 is 9.84 Å². The summed E-state index contributed by atoms with van der Waals surface area (Å²) in [4.78, 5) is 0. The predicted octanol–water partition coefficient (Wildman–Crippen LogP) is 2.29. The summed E-state index contributed by atoms with van der Waals surface area (Å²) in [7, 11) is 0. The molecule has 0 radical (unpaired) electrons. The molecule has 3 heteroatoms. The lowest BCUT2D eigenvalue weighted by Gasteiger charge is -2.10. The first-order chi connectivity index (χ1) is 7.29. The minimum Gasteiger partial charge on any atom is -0.504 e. The molecule has 0 fully saturated rings. The zero-order valence-electron chi connectivity index (χ0n) is 9.42. The van der Waals surface area contributed by atoms with Crippen molar-refractivity contribution >= 4 is 0 Å². The number of hydrogen-bond acceptors (Lipinski definition) is 3. The number of ether oxygens (including phenoxy) is 1. The molecule has 2 N–H and O–H groups in total. The maximum atomic E-state index is 9.85. The molecular formula is C12H19NO2. The average Bonchev–Trinajstić information content (AvgIpc) is 2.24. The second-order valence-electron chi connectivity index (χ2n) is 3.37. The highest BCUT2D eigenvalue weighted by molar-refractivity contribution is 5.45. The second-order valence-corrected chi connectivity index (χ2v) is 3.37. The Labute approximate surface area is 91.1 Å². The van der Waals surface area contributed by atoms with Gasteiger partial charge >= 0.3 is 0 Å². The smallest absolute Gasteiger partial charge is 0.162 e. The molecule has 3 nitrogen and oxygen atoms in total. The number of hydrogen-bond donors (Lipinski definition) is 2. The van der Waals surface area contributed by atoms with Crippen LogP contribution in [0.4, 0.5) is 0 Å². The first kappa shape index (κ1) is 11.9. The summed E-state index contributed by atoms with van der Waals surface area (Å²) >= 11 is 0. The van der Waals surface area contributed by atoms with Gasteiger partial charge in [-0.25, -0.2) is 0 Å². The summed E-state index contributed by atoms with van der Waals surface area (Å²) in [6.45, 7) is 6.23. The van der Waals surface area contributed by atoms with E-state index < -0.39 is 0 Å². The van der Waals surface area contributed by atoms with Gasteiger partial charge in [0.25, 0.3) is 0 Å². The van der Waals surface area contributed by atoms with Crippen LogP contribution in [0.15, 0.2) is 18.2 Å². The van der Waals surface area contributed by atoms with Crippen molar-refractivity contribution in [1.82, 2.24) is 5.32 Å². The molecular weight excluding hydrogens is 190 g/mol. The van der Waals surface area contributed by atoms with Gasteiger partial charge in [-0.1, -0.05) is 19.1 Å². The fraction of sp³-hybridized carbons (Fsp3) is 0.500. The molecule has 1 aromatic rings. The fourth-order valence-electron chi connectivity index (χ4n) is 1.38. The van der Waals surface area contributed by atoms with E-state index in [0.717, 1.165) is 18.5 Å². The molecule has 0 saturated heterocycles. The van der Waals surface area contributed by atoms with Gasteiger partial charge in [-0.2, -0.15) is 0 Å². The van der Waals surface area contributed by atoms with Gasteiger partial charge in [0.1, 0.15) is 0 Å². The molecule has 0 heterocycles. The zero-order valence-corrected chi connectivity index (χ0v) is 9.42. The monoisotopic (exact) mass is 209 g/mol. The first-order valence-electron chi connectivity index (χ1n) is 5.44. The lowest BCUT2D eigenvalue weighted by atomic mass is 10.2. The maximum absolute atomic E-state index is 9.85. The van der Waals surface area contributed by atoms with Crippen LogP contribution in [0, 0.1) is 0 Å². The van der Waals surface area contributed by atoms with Gasteiger partial charge in [0.05, 0.1) is 6.61 Å². The van der Waals surface area contributed by atoms with Crippen LogP contribution in [0.1, 0.15) is 25.8 Å². The molecule has 0 spiro atoms. The molecule has 0 saturated carbocycles. The molecule has 0 aliphatic heterocycles. The minimum absolute atomic E-state index is 0.253. The number of phenolic OH excluding ortho intramolecular Hbond substituents is 1. The van der Waals surface area contributed by atoms with Crippen LogP contribution >= 0.6 is 0 Å². The van der Waals surface area contributed by atoms with Gasteiger partial charge in [-0.05, 0) is 26.0 Å². The Bertz CT molecular complexity index is 300. The van der Waals surface area contributed by atoms with E-state index in [1.54, 1.807) is 6.07 Å². The first-order valence-corrected chi connectivity index (χ1v) is 5.44. The third-order valence-corrected chi connectivity index (χ3v) is 2.12. The largest absolute Gasteiger partial charge is 0.504 e. The van der Waals surface area contributed by atoms with Gasteiger partial charge in [0.2, 0.25) is 0 Å². The maximum Gasteiger partial charge on any atom is 0.162 e. The van der Waals surface area contributed by atoms with Gasteiger partial charge in [0, 0.05) is 12.1 Å². The van der Waals surface area contributed by atoms with Gasteiger partial charge < -0.3 is 15.2 Å². The Balaban J connectivity index is 2.66. The Hall–Kier alpha value is -1.22. The molecule has 0 amide bonds. The van der Waals surface area contributed by atoms with Gasteiger partial charge in [-0.3, -0.25) is 0 Å². The number of nitrogens with one attached hydrogen (secondary N) is 1. The zero-order chi connectivity index (χ0) is 11.1. The Morgan fingerprint density at radius 2 is 2.13 bits per heavy atom. The van der Waals surface area contributed by atoms with E-state index in [4.69, 9.17) is 4.74 Å². The van der Waals surface area contributed by atoms with Crippen LogP contribution in [0.5, 0.6) is 11.5 Å². The quantitative estimate of drug-likeness (QED) is 0.706. The fourth-order valence-corrected chi connectivity index (χ4v) is 1.38. The molecule has 0 bridgehead atoms. The number of aromatic hydroxyl groups is 1. The van der Waals surface area contributed by atoms with Crippen molar-refractivity contribution in [3.63, 3.8) is 0 Å². The Morgan fingerprint density at radius 1 is 1.33 bits per heavy atom. The van der Waals surface area contributed by atoms with Crippen LogP contribution in [0.2, 0.25) is 0 Å². The molecule has 0 atom stereocenters. The van der Waals surface area contributed by atoms with Gasteiger partial charge in [0.15, 0.2) is 11.5 Å². The average molecular weight is 209 g/mol. The highest BCUT2D eigenvalue weighted by Crippen LogP contribution is 2.29. The number of phenols is 1. The van der Waals surface area contributed by atoms with Gasteiger partial charge in [-0.15, -0.1) is 0 Å². The second kappa shape index (κ2) is 6.30. The number of rotatable bonds is 6. The lowest BCUT2D eigenvalue weighted by Crippen LogP contribution is -2.13. The van der Waals surface area contributed by atoms with Crippen molar-refractivity contribution in [2.45, 2.75) is 26.8 Å². The lowest BCUT2D eigenvalue weighted by molar-refractivity contribution is 0.316.